The number of sulfonamides is 1. The first-order valence-corrected chi connectivity index (χ1v) is 10.5. The van der Waals surface area contributed by atoms with Crippen LogP contribution in [0, 0.1) is 6.92 Å². The van der Waals surface area contributed by atoms with Crippen LogP contribution >= 0.6 is 11.6 Å². The molecule has 2 aromatic rings. The molecule has 0 aliphatic carbocycles. The zero-order valence-electron chi connectivity index (χ0n) is 16.4. The van der Waals surface area contributed by atoms with Crippen LogP contribution in [0.25, 0.3) is 0 Å². The van der Waals surface area contributed by atoms with Crippen LogP contribution in [-0.2, 0) is 21.0 Å². The molecular formula is C19H20ClF3N2O4S. The third-order valence-corrected chi connectivity index (χ3v) is 6.21. The first kappa shape index (κ1) is 24.0. The standard InChI is InChI=1S/C19H20ClF3N2O4S/c1-4-29-17-8-6-14(9-12(17)2)30(27,28)25(3)11-18(26)24-13-5-7-16(20)15(10-13)19(21,22)23/h5-10H,4,11H2,1-3H3,(H,24,26). The Morgan fingerprint density at radius 3 is 2.43 bits per heavy atom. The van der Waals surface area contributed by atoms with Gasteiger partial charge in [-0.25, -0.2) is 8.42 Å². The van der Waals surface area contributed by atoms with E-state index in [0.29, 0.717) is 24.0 Å². The number of likely N-dealkylation sites (N-methyl/N-ethyl adjacent to an activating group) is 1. The minimum Gasteiger partial charge on any atom is -0.494 e. The molecule has 30 heavy (non-hydrogen) atoms. The molecule has 0 aliphatic heterocycles. The molecule has 1 amide bonds. The molecule has 0 heterocycles. The molecule has 0 unspecified atom stereocenters. The number of benzene rings is 2. The number of alkyl halides is 3. The smallest absolute Gasteiger partial charge is 0.417 e. The van der Waals surface area contributed by atoms with Crippen LogP contribution in [0.5, 0.6) is 5.75 Å². The number of nitrogens with one attached hydrogen (secondary N) is 1. The summed E-state index contributed by atoms with van der Waals surface area (Å²) in [6.07, 6.45) is -4.69. The zero-order chi connectivity index (χ0) is 22.7. The van der Waals surface area contributed by atoms with Crippen molar-refractivity contribution in [3.8, 4) is 5.75 Å². The summed E-state index contributed by atoms with van der Waals surface area (Å²) >= 11 is 5.54. The van der Waals surface area contributed by atoms with Gasteiger partial charge in [0.2, 0.25) is 15.9 Å². The van der Waals surface area contributed by atoms with Crippen LogP contribution in [0.3, 0.4) is 0 Å². The molecule has 0 saturated carbocycles. The number of rotatable bonds is 7. The normalized spacial score (nSPS) is 12.1. The van der Waals surface area contributed by atoms with E-state index in [1.54, 1.807) is 13.8 Å². The summed E-state index contributed by atoms with van der Waals surface area (Å²) in [5, 5.41) is 1.74. The van der Waals surface area contributed by atoms with Crippen molar-refractivity contribution in [2.24, 2.45) is 0 Å². The van der Waals surface area contributed by atoms with Crippen LogP contribution in [-0.4, -0.2) is 38.8 Å². The Hall–Kier alpha value is -2.30. The maximum Gasteiger partial charge on any atom is 0.417 e. The second kappa shape index (κ2) is 9.23. The van der Waals surface area contributed by atoms with Gasteiger partial charge in [-0.15, -0.1) is 0 Å². The largest absolute Gasteiger partial charge is 0.494 e. The minimum atomic E-state index is -4.69. The van der Waals surface area contributed by atoms with Crippen molar-refractivity contribution < 1.29 is 31.1 Å². The molecule has 0 aliphatic rings. The van der Waals surface area contributed by atoms with E-state index in [-0.39, 0.29) is 10.6 Å². The minimum absolute atomic E-state index is 0.0374. The predicted molar refractivity (Wildman–Crippen MR) is 107 cm³/mol. The fourth-order valence-corrected chi connectivity index (χ4v) is 4.03. The van der Waals surface area contributed by atoms with E-state index in [1.165, 1.54) is 31.3 Å². The van der Waals surface area contributed by atoms with E-state index >= 15 is 0 Å². The Kier molecular flexibility index (Phi) is 7.38. The van der Waals surface area contributed by atoms with E-state index in [2.05, 4.69) is 5.32 Å². The molecule has 0 saturated heterocycles. The summed E-state index contributed by atoms with van der Waals surface area (Å²) < 4.78 is 70.4. The Labute approximate surface area is 177 Å². The number of carbonyl (C=O) groups is 1. The molecule has 2 aromatic carbocycles. The van der Waals surface area contributed by atoms with Crippen LogP contribution in [0.15, 0.2) is 41.3 Å². The molecule has 1 N–H and O–H groups in total. The number of aryl methyl sites for hydroxylation is 1. The number of hydrogen-bond donors (Lipinski definition) is 1. The van der Waals surface area contributed by atoms with E-state index < -0.39 is 39.2 Å². The van der Waals surface area contributed by atoms with Gasteiger partial charge >= 0.3 is 6.18 Å². The van der Waals surface area contributed by atoms with Gasteiger partial charge in [0.15, 0.2) is 0 Å². The fraction of sp³-hybridized carbons (Fsp3) is 0.316. The van der Waals surface area contributed by atoms with Crippen molar-refractivity contribution in [2.45, 2.75) is 24.9 Å². The Morgan fingerprint density at radius 2 is 1.87 bits per heavy atom. The molecule has 0 radical (unpaired) electrons. The second-order valence-electron chi connectivity index (χ2n) is 6.36. The lowest BCUT2D eigenvalue weighted by Gasteiger charge is -2.18. The lowest BCUT2D eigenvalue weighted by molar-refractivity contribution is -0.137. The van der Waals surface area contributed by atoms with Gasteiger partial charge in [-0.1, -0.05) is 11.6 Å². The number of anilines is 1. The van der Waals surface area contributed by atoms with Crippen molar-refractivity contribution in [1.29, 1.82) is 0 Å². The van der Waals surface area contributed by atoms with Gasteiger partial charge in [-0.3, -0.25) is 4.79 Å². The number of hydrogen-bond acceptors (Lipinski definition) is 4. The van der Waals surface area contributed by atoms with Crippen molar-refractivity contribution in [3.05, 3.63) is 52.5 Å². The van der Waals surface area contributed by atoms with E-state index in [0.717, 1.165) is 10.4 Å². The SMILES string of the molecule is CCOc1ccc(S(=O)(=O)N(C)CC(=O)Nc2ccc(Cl)c(C(F)(F)F)c2)cc1C. The molecule has 0 spiro atoms. The van der Waals surface area contributed by atoms with Gasteiger partial charge in [0.25, 0.3) is 0 Å². The molecule has 2 rings (SSSR count). The summed E-state index contributed by atoms with van der Waals surface area (Å²) in [4.78, 5) is 12.2. The van der Waals surface area contributed by atoms with Crippen LogP contribution < -0.4 is 10.1 Å². The van der Waals surface area contributed by atoms with Crippen molar-refractivity contribution in [1.82, 2.24) is 4.31 Å². The average molecular weight is 465 g/mol. The quantitative estimate of drug-likeness (QED) is 0.662. The molecule has 6 nitrogen and oxygen atoms in total. The highest BCUT2D eigenvalue weighted by atomic mass is 35.5. The summed E-state index contributed by atoms with van der Waals surface area (Å²) in [5.74, 6) is -0.265. The average Bonchev–Trinajstić information content (AvgIpc) is 2.64. The Balaban J connectivity index is 2.14. The lowest BCUT2D eigenvalue weighted by Crippen LogP contribution is -2.35. The molecule has 0 aromatic heterocycles. The number of amides is 1. The first-order chi connectivity index (χ1) is 13.9. The van der Waals surface area contributed by atoms with Gasteiger partial charge in [0.05, 0.1) is 28.6 Å². The zero-order valence-corrected chi connectivity index (χ0v) is 18.0. The predicted octanol–water partition coefficient (Wildman–Crippen LogP) is 4.33. The van der Waals surface area contributed by atoms with Gasteiger partial charge < -0.3 is 10.1 Å². The molecule has 11 heteroatoms. The first-order valence-electron chi connectivity index (χ1n) is 8.72. The van der Waals surface area contributed by atoms with Gasteiger partial charge in [-0.05, 0) is 55.8 Å². The van der Waals surface area contributed by atoms with Crippen LogP contribution in [0.2, 0.25) is 5.02 Å². The number of halogens is 4. The Bertz CT molecular complexity index is 1040. The third kappa shape index (κ3) is 5.65. The van der Waals surface area contributed by atoms with Crippen molar-refractivity contribution in [3.63, 3.8) is 0 Å². The van der Waals surface area contributed by atoms with E-state index in [1.807, 2.05) is 0 Å². The van der Waals surface area contributed by atoms with Gasteiger partial charge in [0, 0.05) is 12.7 Å². The number of nitrogens with zero attached hydrogens (tertiary/aromatic N) is 1. The van der Waals surface area contributed by atoms with E-state index in [4.69, 9.17) is 16.3 Å². The summed E-state index contributed by atoms with van der Waals surface area (Å²) in [7, 11) is -2.80. The molecular weight excluding hydrogens is 445 g/mol. The number of ether oxygens (including phenoxy) is 1. The highest BCUT2D eigenvalue weighted by molar-refractivity contribution is 7.89. The molecule has 164 valence electrons. The molecule has 0 bridgehead atoms. The topological polar surface area (TPSA) is 75.7 Å². The van der Waals surface area contributed by atoms with Gasteiger partial charge in [-0.2, -0.15) is 17.5 Å². The fourth-order valence-electron chi connectivity index (χ4n) is 2.59. The second-order valence-corrected chi connectivity index (χ2v) is 8.81. The highest BCUT2D eigenvalue weighted by Gasteiger charge is 2.33. The maximum absolute atomic E-state index is 12.9. The Morgan fingerprint density at radius 1 is 1.20 bits per heavy atom. The van der Waals surface area contributed by atoms with Crippen LogP contribution in [0.1, 0.15) is 18.1 Å². The monoisotopic (exact) mass is 464 g/mol. The molecule has 0 fully saturated rings. The molecule has 0 atom stereocenters. The summed E-state index contributed by atoms with van der Waals surface area (Å²) in [5.41, 5.74) is -0.649. The maximum atomic E-state index is 12.9. The van der Waals surface area contributed by atoms with Crippen LogP contribution in [0.4, 0.5) is 18.9 Å². The highest BCUT2D eigenvalue weighted by Crippen LogP contribution is 2.36. The van der Waals surface area contributed by atoms with Crippen molar-refractivity contribution >= 4 is 33.2 Å². The summed E-state index contributed by atoms with van der Waals surface area (Å²) in [6.45, 7) is 3.32. The summed E-state index contributed by atoms with van der Waals surface area (Å²) in [6, 6.07) is 7.18. The van der Waals surface area contributed by atoms with E-state index in [9.17, 15) is 26.4 Å². The van der Waals surface area contributed by atoms with Crippen molar-refractivity contribution in [2.75, 3.05) is 25.5 Å². The number of carbonyl (C=O) groups excluding carboxylic acids is 1. The van der Waals surface area contributed by atoms with Gasteiger partial charge in [0.1, 0.15) is 5.75 Å². The lowest BCUT2D eigenvalue weighted by atomic mass is 10.2. The third-order valence-electron chi connectivity index (χ3n) is 4.08.